The van der Waals surface area contributed by atoms with E-state index >= 15 is 0 Å². The van der Waals surface area contributed by atoms with Crippen LogP contribution in [0.2, 0.25) is 0 Å². The number of rotatable bonds is 9. The third kappa shape index (κ3) is 13.4. The molecule has 0 saturated carbocycles. The van der Waals surface area contributed by atoms with Gasteiger partial charge in [0, 0.05) is 31.3 Å². The van der Waals surface area contributed by atoms with E-state index < -0.39 is 5.92 Å². The summed E-state index contributed by atoms with van der Waals surface area (Å²) in [7, 11) is 0. The van der Waals surface area contributed by atoms with E-state index in [0.29, 0.717) is 12.2 Å². The van der Waals surface area contributed by atoms with Crippen molar-refractivity contribution in [2.75, 3.05) is 6.54 Å². The van der Waals surface area contributed by atoms with Crippen LogP contribution in [0.3, 0.4) is 0 Å². The minimum Gasteiger partial charge on any atom is -0.399 e. The fourth-order valence-electron chi connectivity index (χ4n) is 2.92. The quantitative estimate of drug-likeness (QED) is 0.297. The van der Waals surface area contributed by atoms with E-state index in [9.17, 15) is 8.78 Å². The number of hydrogen-bond donors (Lipinski definition) is 2. The average molecular weight is 467 g/mol. The van der Waals surface area contributed by atoms with Crippen LogP contribution in [0.15, 0.2) is 78.4 Å². The van der Waals surface area contributed by atoms with E-state index in [2.05, 4.69) is 43.8 Å². The number of benzene rings is 2. The molecular weight excluding hydrogens is 426 g/mol. The monoisotopic (exact) mass is 466 g/mol. The number of hydrogen-bond acceptors (Lipinski definition) is 2. The average Bonchev–Trinajstić information content (AvgIpc) is 2.78. The van der Waals surface area contributed by atoms with Gasteiger partial charge in [-0.3, -0.25) is 0 Å². The minimum atomic E-state index is -2.80. The topological polar surface area (TPSA) is 38.0 Å². The zero-order chi connectivity index (χ0) is 26.1. The summed E-state index contributed by atoms with van der Waals surface area (Å²) in [6.45, 7) is 13.3. The fraction of sp³-hybridized carbons (Fsp3) is 0.333. The number of aryl methyl sites for hydroxylation is 2. The Balaban J connectivity index is 0.000000753. The van der Waals surface area contributed by atoms with Crippen LogP contribution in [0.4, 0.5) is 8.78 Å². The van der Waals surface area contributed by atoms with Crippen molar-refractivity contribution in [3.05, 3.63) is 101 Å². The molecule has 0 heterocycles. The lowest BCUT2D eigenvalue weighted by Gasteiger charge is -2.16. The van der Waals surface area contributed by atoms with Crippen LogP contribution in [-0.2, 0) is 13.0 Å². The van der Waals surface area contributed by atoms with Gasteiger partial charge in [0.15, 0.2) is 0 Å². The van der Waals surface area contributed by atoms with E-state index in [4.69, 9.17) is 5.73 Å². The maximum absolute atomic E-state index is 13.6. The van der Waals surface area contributed by atoms with Crippen LogP contribution in [0.1, 0.15) is 56.4 Å². The number of nitrogens with one attached hydrogen (secondary N) is 1. The summed E-state index contributed by atoms with van der Waals surface area (Å²) >= 11 is 0. The molecule has 0 saturated heterocycles. The number of terminal acetylenes is 1. The summed E-state index contributed by atoms with van der Waals surface area (Å²) in [5.41, 5.74) is 11.9. The molecule has 0 spiro atoms. The molecule has 2 aromatic carbocycles. The van der Waals surface area contributed by atoms with Crippen molar-refractivity contribution in [2.45, 2.75) is 59.9 Å². The van der Waals surface area contributed by atoms with E-state index in [1.807, 2.05) is 57.2 Å². The lowest BCUT2D eigenvalue weighted by molar-refractivity contribution is 0.0608. The van der Waals surface area contributed by atoms with E-state index in [1.165, 1.54) is 17.2 Å². The number of halogens is 2. The van der Waals surface area contributed by atoms with Gasteiger partial charge in [0.25, 0.3) is 5.92 Å². The highest BCUT2D eigenvalue weighted by molar-refractivity contribution is 5.60. The van der Waals surface area contributed by atoms with Gasteiger partial charge in [-0.1, -0.05) is 91.7 Å². The van der Waals surface area contributed by atoms with Gasteiger partial charge in [0.2, 0.25) is 0 Å². The van der Waals surface area contributed by atoms with Gasteiger partial charge in [-0.05, 0) is 43.9 Å². The normalized spacial score (nSPS) is 10.8. The molecule has 0 bridgehead atoms. The lowest BCUT2D eigenvalue weighted by Crippen LogP contribution is -2.25. The van der Waals surface area contributed by atoms with Crippen LogP contribution in [0, 0.1) is 19.8 Å². The molecule has 0 aliphatic carbocycles. The van der Waals surface area contributed by atoms with Crippen LogP contribution in [0.25, 0.3) is 5.70 Å². The molecule has 0 radical (unpaired) electrons. The molecule has 0 unspecified atom stereocenters. The third-order valence-electron chi connectivity index (χ3n) is 4.78. The molecular formula is C30H40F2N2. The van der Waals surface area contributed by atoms with Gasteiger partial charge in [-0.15, -0.1) is 12.8 Å². The Morgan fingerprint density at radius 2 is 1.65 bits per heavy atom. The first-order valence-electron chi connectivity index (χ1n) is 11.4. The molecule has 0 amide bonds. The van der Waals surface area contributed by atoms with Crippen LogP contribution < -0.4 is 11.1 Å². The lowest BCUT2D eigenvalue weighted by atomic mass is 10.1. The Kier molecular flexibility index (Phi) is 14.9. The second-order valence-electron chi connectivity index (χ2n) is 8.39. The van der Waals surface area contributed by atoms with E-state index in [-0.39, 0.29) is 12.1 Å². The molecule has 184 valence electrons. The fourth-order valence-corrected chi connectivity index (χ4v) is 2.92. The highest BCUT2D eigenvalue weighted by Crippen LogP contribution is 2.23. The van der Waals surface area contributed by atoms with Crippen molar-refractivity contribution in [3.8, 4) is 12.8 Å². The minimum absolute atomic E-state index is 0.110. The number of alkyl halides is 2. The first-order valence-corrected chi connectivity index (χ1v) is 11.4. The second kappa shape index (κ2) is 16.5. The molecule has 4 heteroatoms. The van der Waals surface area contributed by atoms with Gasteiger partial charge in [0.1, 0.15) is 0 Å². The molecule has 0 aliphatic rings. The largest absolute Gasteiger partial charge is 0.399 e. The predicted octanol–water partition coefficient (Wildman–Crippen LogP) is 7.45. The third-order valence-corrected chi connectivity index (χ3v) is 4.78. The highest BCUT2D eigenvalue weighted by Gasteiger charge is 2.26. The maximum atomic E-state index is 13.6. The molecule has 0 aromatic heterocycles. The van der Waals surface area contributed by atoms with Gasteiger partial charge in [0.05, 0.1) is 0 Å². The van der Waals surface area contributed by atoms with Gasteiger partial charge in [-0.2, -0.15) is 0 Å². The van der Waals surface area contributed by atoms with E-state index in [1.54, 1.807) is 6.08 Å². The van der Waals surface area contributed by atoms with Gasteiger partial charge < -0.3 is 11.1 Å². The van der Waals surface area contributed by atoms with Crippen molar-refractivity contribution in [3.63, 3.8) is 0 Å². The number of allylic oxidation sites excluding steroid dienone is 3. The van der Waals surface area contributed by atoms with Crippen molar-refractivity contribution in [1.82, 2.24) is 5.32 Å². The molecule has 2 rings (SSSR count). The molecule has 2 nitrogen and oxygen atoms in total. The molecule has 0 fully saturated rings. The van der Waals surface area contributed by atoms with Gasteiger partial charge >= 0.3 is 0 Å². The Bertz CT molecular complexity index is 942. The first kappa shape index (κ1) is 30.8. The Morgan fingerprint density at radius 1 is 1.06 bits per heavy atom. The summed E-state index contributed by atoms with van der Waals surface area (Å²) in [4.78, 5) is 0. The second-order valence-corrected chi connectivity index (χ2v) is 8.39. The zero-order valence-corrected chi connectivity index (χ0v) is 21.3. The molecule has 2 aromatic rings. The standard InChI is InChI=1S/C19H27F2N.C9H11N.C2H2/c1-5-7-16-8-6-9-17(12-16)13-22-14-18(19(4,20)21)11-10-15(2)3;1-7-3-5-9(6-4-7)8(2)10;1-2/h6,8-12,22H,5,7,13-14H2,1-4H3;3-6H,2,10H2,1H3;1-2H/b18-11+;;. The maximum Gasteiger partial charge on any atom is 0.268 e. The van der Waals surface area contributed by atoms with Crippen LogP contribution in [-0.4, -0.2) is 12.5 Å². The summed E-state index contributed by atoms with van der Waals surface area (Å²) in [6, 6.07) is 16.3. The Hall–Kier alpha value is -3.16. The Labute approximate surface area is 205 Å². The SMILES string of the molecule is C#C.C=C(N)c1ccc(C)cc1.CCCc1cccc(CNC/C(=C\C=C(C)C)C(C)(F)F)c1. The van der Waals surface area contributed by atoms with Crippen molar-refractivity contribution in [2.24, 2.45) is 5.73 Å². The summed E-state index contributed by atoms with van der Waals surface area (Å²) in [5, 5.41) is 3.12. The summed E-state index contributed by atoms with van der Waals surface area (Å²) in [5.74, 6) is -2.80. The first-order chi connectivity index (χ1) is 16.0. The van der Waals surface area contributed by atoms with Gasteiger partial charge in [-0.25, -0.2) is 8.78 Å². The summed E-state index contributed by atoms with van der Waals surface area (Å²) in [6.07, 6.45) is 13.4. The molecule has 3 N–H and O–H groups in total. The molecule has 34 heavy (non-hydrogen) atoms. The molecule has 0 aliphatic heterocycles. The zero-order valence-electron chi connectivity index (χ0n) is 21.3. The summed E-state index contributed by atoms with van der Waals surface area (Å²) < 4.78 is 27.2. The van der Waals surface area contributed by atoms with Crippen LogP contribution in [0.5, 0.6) is 0 Å². The van der Waals surface area contributed by atoms with Crippen LogP contribution >= 0.6 is 0 Å². The Morgan fingerprint density at radius 3 is 2.15 bits per heavy atom. The number of nitrogens with two attached hydrogens (primary N) is 1. The van der Waals surface area contributed by atoms with E-state index in [0.717, 1.165) is 36.5 Å². The predicted molar refractivity (Wildman–Crippen MR) is 145 cm³/mol. The van der Waals surface area contributed by atoms with Crippen molar-refractivity contribution in [1.29, 1.82) is 0 Å². The molecule has 0 atom stereocenters. The highest BCUT2D eigenvalue weighted by atomic mass is 19.3. The van der Waals surface area contributed by atoms with Crippen molar-refractivity contribution < 1.29 is 8.78 Å². The van der Waals surface area contributed by atoms with Crippen molar-refractivity contribution >= 4 is 5.70 Å². The smallest absolute Gasteiger partial charge is 0.268 e.